The average Bonchev–Trinajstić information content (AvgIpc) is 2.85. The van der Waals surface area contributed by atoms with E-state index < -0.39 is 16.1 Å². The fraction of sp³-hybridized carbons (Fsp3) is 0.579. The Morgan fingerprint density at radius 3 is 2.52 bits per heavy atom. The predicted molar refractivity (Wildman–Crippen MR) is 102 cm³/mol. The van der Waals surface area contributed by atoms with Crippen LogP contribution in [0.2, 0.25) is 0 Å². The molecule has 2 saturated heterocycles. The van der Waals surface area contributed by atoms with Crippen LogP contribution in [0.4, 0.5) is 0 Å². The van der Waals surface area contributed by atoms with E-state index in [2.05, 4.69) is 4.72 Å². The van der Waals surface area contributed by atoms with Crippen LogP contribution in [0.3, 0.4) is 0 Å². The molecule has 1 aromatic rings. The van der Waals surface area contributed by atoms with Gasteiger partial charge in [-0.15, -0.1) is 0 Å². The molecule has 2 fully saturated rings. The van der Waals surface area contributed by atoms with Crippen LogP contribution in [0.15, 0.2) is 29.2 Å². The number of hydrogen-bond acceptors (Lipinski definition) is 4. The lowest BCUT2D eigenvalue weighted by atomic mass is 10.2. The standard InChI is InChI=1S/C19H27N3O4S/c1-2-21-14-16(13-18(21)23)20-27(25,26)17-9-7-8-15(12-17)19(24)22-10-5-3-4-6-11-22/h7-9,12,16,20H,2-6,10-11,13-14H2,1H3/t16-/m0/s1. The van der Waals surface area contributed by atoms with Gasteiger partial charge in [-0.25, -0.2) is 13.1 Å². The number of carbonyl (C=O) groups is 2. The lowest BCUT2D eigenvalue weighted by Crippen LogP contribution is -2.37. The molecule has 0 aliphatic carbocycles. The van der Waals surface area contributed by atoms with E-state index in [0.29, 0.717) is 31.7 Å². The summed E-state index contributed by atoms with van der Waals surface area (Å²) in [6.07, 6.45) is 4.37. The van der Waals surface area contributed by atoms with Crippen LogP contribution in [0, 0.1) is 0 Å². The molecular weight excluding hydrogens is 366 g/mol. The lowest BCUT2D eigenvalue weighted by Gasteiger charge is -2.20. The summed E-state index contributed by atoms with van der Waals surface area (Å²) in [7, 11) is -3.79. The van der Waals surface area contributed by atoms with E-state index in [1.54, 1.807) is 21.9 Å². The van der Waals surface area contributed by atoms with Crippen LogP contribution in [0.25, 0.3) is 0 Å². The Morgan fingerprint density at radius 2 is 1.89 bits per heavy atom. The van der Waals surface area contributed by atoms with Crippen molar-refractivity contribution in [3.63, 3.8) is 0 Å². The van der Waals surface area contributed by atoms with E-state index in [1.165, 1.54) is 12.1 Å². The zero-order valence-electron chi connectivity index (χ0n) is 15.7. The number of carbonyl (C=O) groups excluding carboxylic acids is 2. The topological polar surface area (TPSA) is 86.8 Å². The summed E-state index contributed by atoms with van der Waals surface area (Å²) in [6.45, 7) is 4.24. The minimum atomic E-state index is -3.79. The van der Waals surface area contributed by atoms with Gasteiger partial charge in [-0.3, -0.25) is 9.59 Å². The zero-order valence-corrected chi connectivity index (χ0v) is 16.5. The number of benzene rings is 1. The summed E-state index contributed by atoms with van der Waals surface area (Å²) in [4.78, 5) is 28.1. The number of nitrogens with one attached hydrogen (secondary N) is 1. The molecule has 0 spiro atoms. The Labute approximate surface area is 160 Å². The van der Waals surface area contributed by atoms with Crippen LogP contribution in [0.5, 0.6) is 0 Å². The molecule has 0 bridgehead atoms. The molecular formula is C19H27N3O4S. The first-order chi connectivity index (χ1) is 12.9. The van der Waals surface area contributed by atoms with Crippen molar-refractivity contribution in [3.05, 3.63) is 29.8 Å². The minimum Gasteiger partial charge on any atom is -0.341 e. The molecule has 3 rings (SSSR count). The smallest absolute Gasteiger partial charge is 0.253 e. The highest BCUT2D eigenvalue weighted by Crippen LogP contribution is 2.18. The van der Waals surface area contributed by atoms with Gasteiger partial charge in [0.1, 0.15) is 0 Å². The Bertz CT molecular complexity index is 801. The second kappa shape index (κ2) is 8.39. The van der Waals surface area contributed by atoms with Gasteiger partial charge in [-0.05, 0) is 38.0 Å². The van der Waals surface area contributed by atoms with Gasteiger partial charge in [0.15, 0.2) is 0 Å². The highest BCUT2D eigenvalue weighted by atomic mass is 32.2. The number of amides is 2. The van der Waals surface area contributed by atoms with Gasteiger partial charge in [0, 0.05) is 44.2 Å². The van der Waals surface area contributed by atoms with Crippen LogP contribution >= 0.6 is 0 Å². The molecule has 0 saturated carbocycles. The normalized spacial score (nSPS) is 21.4. The van der Waals surface area contributed by atoms with Crippen molar-refractivity contribution >= 4 is 21.8 Å². The third-order valence-electron chi connectivity index (χ3n) is 5.20. The van der Waals surface area contributed by atoms with Crippen LogP contribution in [-0.4, -0.2) is 62.3 Å². The largest absolute Gasteiger partial charge is 0.341 e. The Hall–Kier alpha value is -1.93. The molecule has 7 nitrogen and oxygen atoms in total. The van der Waals surface area contributed by atoms with E-state index in [4.69, 9.17) is 0 Å². The van der Waals surface area contributed by atoms with E-state index in [1.807, 2.05) is 6.92 Å². The van der Waals surface area contributed by atoms with Crippen LogP contribution in [0.1, 0.15) is 49.4 Å². The summed E-state index contributed by atoms with van der Waals surface area (Å²) in [5, 5.41) is 0. The van der Waals surface area contributed by atoms with Crippen molar-refractivity contribution in [2.45, 2.75) is 50.0 Å². The maximum Gasteiger partial charge on any atom is 0.253 e. The zero-order chi connectivity index (χ0) is 19.4. The number of likely N-dealkylation sites (tertiary alicyclic amines) is 2. The van der Waals surface area contributed by atoms with Gasteiger partial charge in [0.05, 0.1) is 4.90 Å². The first kappa shape index (κ1) is 19.8. The third kappa shape index (κ3) is 4.68. The van der Waals surface area contributed by atoms with E-state index in [-0.39, 0.29) is 23.1 Å². The van der Waals surface area contributed by atoms with Crippen LogP contribution < -0.4 is 4.72 Å². The second-order valence-corrected chi connectivity index (χ2v) is 8.90. The molecule has 0 aromatic heterocycles. The van der Waals surface area contributed by atoms with Crippen molar-refractivity contribution in [3.8, 4) is 0 Å². The monoisotopic (exact) mass is 393 g/mol. The quantitative estimate of drug-likeness (QED) is 0.823. The molecule has 2 aliphatic rings. The van der Waals surface area contributed by atoms with Gasteiger partial charge in [-0.2, -0.15) is 0 Å². The molecule has 2 aliphatic heterocycles. The van der Waals surface area contributed by atoms with Crippen molar-refractivity contribution in [2.75, 3.05) is 26.2 Å². The maximum absolute atomic E-state index is 12.8. The first-order valence-corrected chi connectivity index (χ1v) is 11.1. The fourth-order valence-electron chi connectivity index (χ4n) is 3.70. The SMILES string of the molecule is CCN1C[C@@H](NS(=O)(=O)c2cccc(C(=O)N3CCCCCC3)c2)CC1=O. The molecule has 2 amide bonds. The molecule has 0 radical (unpaired) electrons. The maximum atomic E-state index is 12.8. The van der Waals surface area contributed by atoms with Crippen LogP contribution in [-0.2, 0) is 14.8 Å². The summed E-state index contributed by atoms with van der Waals surface area (Å²) in [5.74, 6) is -0.169. The van der Waals surface area contributed by atoms with E-state index in [0.717, 1.165) is 25.7 Å². The van der Waals surface area contributed by atoms with E-state index in [9.17, 15) is 18.0 Å². The fourth-order valence-corrected chi connectivity index (χ4v) is 4.97. The summed E-state index contributed by atoms with van der Waals surface area (Å²) in [6, 6.07) is 5.73. The van der Waals surface area contributed by atoms with Crippen molar-refractivity contribution in [1.29, 1.82) is 0 Å². The van der Waals surface area contributed by atoms with Gasteiger partial charge in [0.25, 0.3) is 5.91 Å². The number of hydrogen-bond donors (Lipinski definition) is 1. The minimum absolute atomic E-state index is 0.0460. The summed E-state index contributed by atoms with van der Waals surface area (Å²) >= 11 is 0. The molecule has 0 unspecified atom stereocenters. The van der Waals surface area contributed by atoms with Crippen molar-refractivity contribution in [2.24, 2.45) is 0 Å². The third-order valence-corrected chi connectivity index (χ3v) is 6.72. The summed E-state index contributed by atoms with van der Waals surface area (Å²) < 4.78 is 28.1. The highest BCUT2D eigenvalue weighted by Gasteiger charge is 2.32. The first-order valence-electron chi connectivity index (χ1n) is 9.60. The molecule has 1 atom stereocenters. The number of likely N-dealkylation sites (N-methyl/N-ethyl adjacent to an activating group) is 1. The average molecular weight is 394 g/mol. The second-order valence-electron chi connectivity index (χ2n) is 7.19. The Balaban J connectivity index is 1.74. The highest BCUT2D eigenvalue weighted by molar-refractivity contribution is 7.89. The molecule has 1 aromatic carbocycles. The number of sulfonamides is 1. The molecule has 1 N–H and O–H groups in total. The Kier molecular flexibility index (Phi) is 6.16. The van der Waals surface area contributed by atoms with Crippen molar-refractivity contribution in [1.82, 2.24) is 14.5 Å². The molecule has 148 valence electrons. The molecule has 8 heteroatoms. The number of nitrogens with zero attached hydrogens (tertiary/aromatic N) is 2. The molecule has 27 heavy (non-hydrogen) atoms. The molecule has 2 heterocycles. The van der Waals surface area contributed by atoms with Gasteiger partial charge in [-0.1, -0.05) is 18.9 Å². The predicted octanol–water partition coefficient (Wildman–Crippen LogP) is 1.60. The van der Waals surface area contributed by atoms with E-state index >= 15 is 0 Å². The van der Waals surface area contributed by atoms with Crippen molar-refractivity contribution < 1.29 is 18.0 Å². The lowest BCUT2D eigenvalue weighted by molar-refractivity contribution is -0.127. The van der Waals surface area contributed by atoms with Gasteiger partial charge >= 0.3 is 0 Å². The van der Waals surface area contributed by atoms with Gasteiger partial charge < -0.3 is 9.80 Å². The Morgan fingerprint density at radius 1 is 1.19 bits per heavy atom. The summed E-state index contributed by atoms with van der Waals surface area (Å²) in [5.41, 5.74) is 0.387. The van der Waals surface area contributed by atoms with Gasteiger partial charge in [0.2, 0.25) is 15.9 Å². The number of rotatable bonds is 5.